The van der Waals surface area contributed by atoms with E-state index in [1.165, 1.54) is 11.5 Å². The van der Waals surface area contributed by atoms with Crippen LogP contribution in [-0.4, -0.2) is 41.1 Å². The first-order valence-corrected chi connectivity index (χ1v) is 7.46. The smallest absolute Gasteiger partial charge is 0.0827 e. The van der Waals surface area contributed by atoms with Gasteiger partial charge >= 0.3 is 0 Å². The molecule has 0 radical (unpaired) electrons. The lowest BCUT2D eigenvalue weighted by Crippen LogP contribution is -2.37. The average molecular weight is 251 g/mol. The highest BCUT2D eigenvalue weighted by atomic mass is 32.2. The van der Waals surface area contributed by atoms with Crippen molar-refractivity contribution in [2.75, 3.05) is 31.1 Å². The molecular weight excluding hydrogens is 230 g/mol. The Morgan fingerprint density at radius 1 is 1.24 bits per heavy atom. The zero-order chi connectivity index (χ0) is 12.1. The second-order valence-corrected chi connectivity index (χ2v) is 5.97. The molecule has 2 nitrogen and oxygen atoms in total. The molecule has 0 spiro atoms. The molecule has 0 saturated carbocycles. The van der Waals surface area contributed by atoms with Crippen molar-refractivity contribution in [1.82, 2.24) is 4.90 Å². The van der Waals surface area contributed by atoms with Crippen LogP contribution in [0, 0.1) is 5.92 Å². The van der Waals surface area contributed by atoms with E-state index in [9.17, 15) is 5.11 Å². The SMILES string of the molecule is CC(CN1CCSCC1)C(O)c1ccccc1. The van der Waals surface area contributed by atoms with Crippen LogP contribution in [0.5, 0.6) is 0 Å². The lowest BCUT2D eigenvalue weighted by atomic mass is 9.97. The average Bonchev–Trinajstić information content (AvgIpc) is 2.40. The quantitative estimate of drug-likeness (QED) is 0.889. The van der Waals surface area contributed by atoms with E-state index in [-0.39, 0.29) is 6.10 Å². The minimum Gasteiger partial charge on any atom is -0.388 e. The third-order valence-electron chi connectivity index (χ3n) is 3.33. The molecule has 2 atom stereocenters. The fraction of sp³-hybridized carbons (Fsp3) is 0.571. The van der Waals surface area contributed by atoms with Crippen LogP contribution in [-0.2, 0) is 0 Å². The van der Waals surface area contributed by atoms with Crippen molar-refractivity contribution in [3.05, 3.63) is 35.9 Å². The molecule has 0 bridgehead atoms. The number of rotatable bonds is 4. The Bertz CT molecular complexity index is 324. The Hall–Kier alpha value is -0.510. The first kappa shape index (κ1) is 12.9. The van der Waals surface area contributed by atoms with E-state index >= 15 is 0 Å². The number of aliphatic hydroxyl groups excluding tert-OH is 1. The number of benzene rings is 1. The Balaban J connectivity index is 1.88. The predicted molar refractivity (Wildman–Crippen MR) is 74.3 cm³/mol. The van der Waals surface area contributed by atoms with Gasteiger partial charge in [-0.05, 0) is 11.5 Å². The molecule has 1 aliphatic rings. The van der Waals surface area contributed by atoms with Crippen LogP contribution in [0.25, 0.3) is 0 Å². The highest BCUT2D eigenvalue weighted by Gasteiger charge is 2.20. The van der Waals surface area contributed by atoms with Gasteiger partial charge in [0.15, 0.2) is 0 Å². The van der Waals surface area contributed by atoms with Gasteiger partial charge < -0.3 is 10.0 Å². The molecule has 1 heterocycles. The summed E-state index contributed by atoms with van der Waals surface area (Å²) in [5, 5.41) is 10.3. The lowest BCUT2D eigenvalue weighted by molar-refractivity contribution is 0.0910. The molecule has 0 aliphatic carbocycles. The monoisotopic (exact) mass is 251 g/mol. The van der Waals surface area contributed by atoms with E-state index in [0.29, 0.717) is 5.92 Å². The van der Waals surface area contributed by atoms with Crippen LogP contribution in [0.2, 0.25) is 0 Å². The summed E-state index contributed by atoms with van der Waals surface area (Å²) in [5.74, 6) is 2.75. The number of nitrogens with zero attached hydrogens (tertiary/aromatic N) is 1. The second kappa shape index (κ2) is 6.43. The zero-order valence-electron chi connectivity index (χ0n) is 10.4. The van der Waals surface area contributed by atoms with Gasteiger partial charge in [-0.3, -0.25) is 0 Å². The van der Waals surface area contributed by atoms with E-state index in [0.717, 1.165) is 25.2 Å². The Kier molecular flexibility index (Phi) is 4.89. The van der Waals surface area contributed by atoms with Gasteiger partial charge in [0.05, 0.1) is 6.10 Å². The van der Waals surface area contributed by atoms with Gasteiger partial charge in [-0.15, -0.1) is 0 Å². The van der Waals surface area contributed by atoms with Crippen molar-refractivity contribution < 1.29 is 5.11 Å². The van der Waals surface area contributed by atoms with Crippen LogP contribution in [0.4, 0.5) is 0 Å². The van der Waals surface area contributed by atoms with Crippen molar-refractivity contribution in [3.63, 3.8) is 0 Å². The highest BCUT2D eigenvalue weighted by molar-refractivity contribution is 7.99. The summed E-state index contributed by atoms with van der Waals surface area (Å²) in [6, 6.07) is 9.98. The highest BCUT2D eigenvalue weighted by Crippen LogP contribution is 2.23. The molecule has 1 aromatic rings. The summed E-state index contributed by atoms with van der Waals surface area (Å²) in [6.07, 6.45) is -0.342. The zero-order valence-corrected chi connectivity index (χ0v) is 11.2. The van der Waals surface area contributed by atoms with Gasteiger partial charge in [0.1, 0.15) is 0 Å². The third-order valence-corrected chi connectivity index (χ3v) is 4.27. The maximum Gasteiger partial charge on any atom is 0.0827 e. The normalized spacial score (nSPS) is 21.1. The van der Waals surface area contributed by atoms with Crippen molar-refractivity contribution in [1.29, 1.82) is 0 Å². The van der Waals surface area contributed by atoms with Crippen LogP contribution in [0.3, 0.4) is 0 Å². The first-order valence-electron chi connectivity index (χ1n) is 6.30. The molecule has 1 aromatic carbocycles. The first-order chi connectivity index (χ1) is 8.27. The topological polar surface area (TPSA) is 23.5 Å². The molecule has 17 heavy (non-hydrogen) atoms. The fourth-order valence-electron chi connectivity index (χ4n) is 2.27. The van der Waals surface area contributed by atoms with Gasteiger partial charge in [0, 0.05) is 31.1 Å². The maximum atomic E-state index is 10.3. The summed E-state index contributed by atoms with van der Waals surface area (Å²) < 4.78 is 0. The Labute approximate surface area is 108 Å². The lowest BCUT2D eigenvalue weighted by Gasteiger charge is -2.30. The molecule has 0 amide bonds. The van der Waals surface area contributed by atoms with Crippen molar-refractivity contribution in [2.45, 2.75) is 13.0 Å². The van der Waals surface area contributed by atoms with Crippen LogP contribution >= 0.6 is 11.8 Å². The number of thioether (sulfide) groups is 1. The molecular formula is C14H21NOS. The maximum absolute atomic E-state index is 10.3. The Morgan fingerprint density at radius 2 is 1.88 bits per heavy atom. The van der Waals surface area contributed by atoms with Gasteiger partial charge in [-0.2, -0.15) is 11.8 Å². The van der Waals surface area contributed by atoms with Gasteiger partial charge in [-0.25, -0.2) is 0 Å². The Morgan fingerprint density at radius 3 is 2.53 bits per heavy atom. The van der Waals surface area contributed by atoms with E-state index < -0.39 is 0 Å². The van der Waals surface area contributed by atoms with E-state index in [1.807, 2.05) is 42.1 Å². The summed E-state index contributed by atoms with van der Waals surface area (Å²) in [5.41, 5.74) is 1.03. The minimum atomic E-state index is -0.342. The minimum absolute atomic E-state index is 0.292. The molecule has 0 aromatic heterocycles. The summed E-state index contributed by atoms with van der Waals surface area (Å²) in [4.78, 5) is 2.47. The molecule has 1 saturated heterocycles. The van der Waals surface area contributed by atoms with Crippen LogP contribution < -0.4 is 0 Å². The van der Waals surface area contributed by atoms with Gasteiger partial charge in [-0.1, -0.05) is 37.3 Å². The van der Waals surface area contributed by atoms with Crippen molar-refractivity contribution >= 4 is 11.8 Å². The molecule has 2 rings (SSSR count). The predicted octanol–water partition coefficient (Wildman–Crippen LogP) is 2.40. The number of hydrogen-bond donors (Lipinski definition) is 1. The van der Waals surface area contributed by atoms with Crippen LogP contribution in [0.1, 0.15) is 18.6 Å². The molecule has 1 aliphatic heterocycles. The van der Waals surface area contributed by atoms with E-state index in [1.54, 1.807) is 0 Å². The molecule has 2 unspecified atom stereocenters. The van der Waals surface area contributed by atoms with Gasteiger partial charge in [0.2, 0.25) is 0 Å². The third kappa shape index (κ3) is 3.73. The standard InChI is InChI=1S/C14H21NOS/c1-12(11-15-7-9-17-10-8-15)14(16)13-5-3-2-4-6-13/h2-6,12,14,16H,7-11H2,1H3. The largest absolute Gasteiger partial charge is 0.388 e. The second-order valence-electron chi connectivity index (χ2n) is 4.75. The molecule has 3 heteroatoms. The molecule has 1 fully saturated rings. The summed E-state index contributed by atoms with van der Waals surface area (Å²) >= 11 is 2.03. The van der Waals surface area contributed by atoms with Gasteiger partial charge in [0.25, 0.3) is 0 Å². The van der Waals surface area contributed by atoms with Crippen molar-refractivity contribution in [3.8, 4) is 0 Å². The van der Waals surface area contributed by atoms with Crippen LogP contribution in [0.15, 0.2) is 30.3 Å². The summed E-state index contributed by atoms with van der Waals surface area (Å²) in [6.45, 7) is 5.46. The summed E-state index contributed by atoms with van der Waals surface area (Å²) in [7, 11) is 0. The molecule has 94 valence electrons. The van der Waals surface area contributed by atoms with E-state index in [2.05, 4.69) is 11.8 Å². The number of aliphatic hydroxyl groups is 1. The number of hydrogen-bond acceptors (Lipinski definition) is 3. The van der Waals surface area contributed by atoms with Crippen molar-refractivity contribution in [2.24, 2.45) is 5.92 Å². The van der Waals surface area contributed by atoms with E-state index in [4.69, 9.17) is 0 Å². The fourth-order valence-corrected chi connectivity index (χ4v) is 3.25. The molecule has 1 N–H and O–H groups in total.